The fraction of sp³-hybridized carbons (Fsp3) is 0.455. The number of aromatic nitrogens is 1. The quantitative estimate of drug-likeness (QED) is 0.831. The number of carbonyl (C=O) groups excluding carboxylic acids is 1. The number of carbonyl (C=O) groups is 1. The molecule has 1 aliphatic rings. The molecule has 27 heavy (non-hydrogen) atoms. The summed E-state index contributed by atoms with van der Waals surface area (Å²) >= 11 is 0. The molecule has 2 aromatic rings. The van der Waals surface area contributed by atoms with Gasteiger partial charge in [0.25, 0.3) is 0 Å². The van der Waals surface area contributed by atoms with E-state index in [0.717, 1.165) is 23.1 Å². The van der Waals surface area contributed by atoms with Gasteiger partial charge in [0.1, 0.15) is 0 Å². The van der Waals surface area contributed by atoms with E-state index in [9.17, 15) is 4.79 Å². The van der Waals surface area contributed by atoms with Crippen molar-refractivity contribution in [3.8, 4) is 5.88 Å². The molecule has 5 nitrogen and oxygen atoms in total. The summed E-state index contributed by atoms with van der Waals surface area (Å²) in [6.45, 7) is 7.86. The van der Waals surface area contributed by atoms with E-state index in [0.29, 0.717) is 44.2 Å². The first-order chi connectivity index (χ1) is 13.0. The summed E-state index contributed by atoms with van der Waals surface area (Å²) in [5.74, 6) is 0.620. The largest absolute Gasteiger partial charge is 0.477 e. The number of nitrogens with zero attached hydrogens (tertiary/aromatic N) is 1. The van der Waals surface area contributed by atoms with Crippen molar-refractivity contribution in [2.24, 2.45) is 0 Å². The Bertz CT molecular complexity index is 798. The molecule has 5 heteroatoms. The van der Waals surface area contributed by atoms with Gasteiger partial charge in [0.15, 0.2) is 0 Å². The molecule has 0 unspecified atom stereocenters. The molecule has 1 saturated heterocycles. The number of nitrogens with one attached hydrogen (secondary N) is 1. The van der Waals surface area contributed by atoms with E-state index >= 15 is 0 Å². The zero-order valence-corrected chi connectivity index (χ0v) is 16.4. The third kappa shape index (κ3) is 4.30. The highest BCUT2D eigenvalue weighted by Crippen LogP contribution is 2.36. The number of aryl methyl sites for hydroxylation is 2. The van der Waals surface area contributed by atoms with Gasteiger partial charge in [0.05, 0.1) is 23.9 Å². The summed E-state index contributed by atoms with van der Waals surface area (Å²) in [4.78, 5) is 17.7. The molecular formula is C22H28N2O3. The number of pyridine rings is 1. The third-order valence-corrected chi connectivity index (χ3v) is 5.08. The Balaban J connectivity index is 1.84. The SMILES string of the molecule is CCCOc1ncc(NC(=O)C2(c3cccc(C)c3)CCOCC2)cc1C. The Morgan fingerprint density at radius 3 is 2.70 bits per heavy atom. The summed E-state index contributed by atoms with van der Waals surface area (Å²) in [6, 6.07) is 10.1. The van der Waals surface area contributed by atoms with E-state index in [1.54, 1.807) is 6.20 Å². The normalized spacial score (nSPS) is 16.0. The van der Waals surface area contributed by atoms with Gasteiger partial charge < -0.3 is 14.8 Å². The number of hydrogen-bond donors (Lipinski definition) is 1. The number of rotatable bonds is 6. The Labute approximate surface area is 161 Å². The van der Waals surface area contributed by atoms with E-state index in [1.165, 1.54) is 0 Å². The minimum absolute atomic E-state index is 0.000161. The fourth-order valence-corrected chi connectivity index (χ4v) is 3.54. The smallest absolute Gasteiger partial charge is 0.235 e. The van der Waals surface area contributed by atoms with Crippen molar-refractivity contribution >= 4 is 11.6 Å². The molecular weight excluding hydrogens is 340 g/mol. The molecule has 0 radical (unpaired) electrons. The number of benzene rings is 1. The van der Waals surface area contributed by atoms with Crippen LogP contribution in [0.15, 0.2) is 36.5 Å². The second-order valence-corrected chi connectivity index (χ2v) is 7.21. The van der Waals surface area contributed by atoms with Crippen LogP contribution in [0.2, 0.25) is 0 Å². The van der Waals surface area contributed by atoms with E-state index in [4.69, 9.17) is 9.47 Å². The predicted octanol–water partition coefficient (Wildman–Crippen LogP) is 4.17. The molecule has 1 aliphatic heterocycles. The van der Waals surface area contributed by atoms with Crippen LogP contribution < -0.4 is 10.1 Å². The van der Waals surface area contributed by atoms with E-state index in [2.05, 4.69) is 36.3 Å². The Hall–Kier alpha value is -2.40. The van der Waals surface area contributed by atoms with Crippen molar-refractivity contribution < 1.29 is 14.3 Å². The van der Waals surface area contributed by atoms with Gasteiger partial charge in [-0.15, -0.1) is 0 Å². The van der Waals surface area contributed by atoms with Crippen molar-refractivity contribution in [1.29, 1.82) is 0 Å². The van der Waals surface area contributed by atoms with Gasteiger partial charge in [0.2, 0.25) is 11.8 Å². The van der Waals surface area contributed by atoms with Crippen LogP contribution >= 0.6 is 0 Å². The van der Waals surface area contributed by atoms with Crippen LogP contribution in [0.1, 0.15) is 42.9 Å². The van der Waals surface area contributed by atoms with E-state index < -0.39 is 5.41 Å². The standard InChI is InChI=1S/C22H28N2O3/c1-4-10-27-20-17(3)14-19(15-23-20)24-21(25)22(8-11-26-12-9-22)18-7-5-6-16(2)13-18/h5-7,13-15H,4,8-12H2,1-3H3,(H,24,25). The molecule has 1 amide bonds. The van der Waals surface area contributed by atoms with Crippen LogP contribution in [0.3, 0.4) is 0 Å². The van der Waals surface area contributed by atoms with Gasteiger partial charge in [-0.2, -0.15) is 0 Å². The first kappa shape index (κ1) is 19.4. The molecule has 3 rings (SSSR count). The Morgan fingerprint density at radius 2 is 2.04 bits per heavy atom. The summed E-state index contributed by atoms with van der Waals surface area (Å²) < 4.78 is 11.2. The molecule has 1 N–H and O–H groups in total. The Kier molecular flexibility index (Phi) is 6.11. The first-order valence-electron chi connectivity index (χ1n) is 9.61. The van der Waals surface area contributed by atoms with E-state index in [1.807, 2.05) is 25.1 Å². The van der Waals surface area contributed by atoms with Gasteiger partial charge in [0, 0.05) is 18.8 Å². The predicted molar refractivity (Wildman–Crippen MR) is 106 cm³/mol. The highest BCUT2D eigenvalue weighted by atomic mass is 16.5. The fourth-order valence-electron chi connectivity index (χ4n) is 3.54. The second kappa shape index (κ2) is 8.53. The molecule has 2 heterocycles. The molecule has 1 aromatic carbocycles. The third-order valence-electron chi connectivity index (χ3n) is 5.08. The lowest BCUT2D eigenvalue weighted by atomic mass is 9.73. The summed E-state index contributed by atoms with van der Waals surface area (Å²) in [5.41, 5.74) is 3.24. The van der Waals surface area contributed by atoms with E-state index in [-0.39, 0.29) is 5.91 Å². The van der Waals surface area contributed by atoms with Crippen molar-refractivity contribution in [3.05, 3.63) is 53.2 Å². The van der Waals surface area contributed by atoms with Gasteiger partial charge in [-0.05, 0) is 44.7 Å². The lowest BCUT2D eigenvalue weighted by Crippen LogP contribution is -2.44. The summed E-state index contributed by atoms with van der Waals surface area (Å²) in [7, 11) is 0. The maximum atomic E-state index is 13.3. The molecule has 144 valence electrons. The molecule has 0 bridgehead atoms. The number of hydrogen-bond acceptors (Lipinski definition) is 4. The highest BCUT2D eigenvalue weighted by Gasteiger charge is 2.41. The average molecular weight is 368 g/mol. The number of ether oxygens (including phenoxy) is 2. The summed E-state index contributed by atoms with van der Waals surface area (Å²) in [6.07, 6.45) is 3.94. The van der Waals surface area contributed by atoms with Gasteiger partial charge >= 0.3 is 0 Å². The maximum absolute atomic E-state index is 13.3. The van der Waals surface area contributed by atoms with Crippen LogP contribution in [0.5, 0.6) is 5.88 Å². The van der Waals surface area contributed by atoms with Crippen molar-refractivity contribution in [1.82, 2.24) is 4.98 Å². The van der Waals surface area contributed by atoms with Crippen LogP contribution in [0.25, 0.3) is 0 Å². The topological polar surface area (TPSA) is 60.5 Å². The molecule has 1 aromatic heterocycles. The zero-order valence-electron chi connectivity index (χ0n) is 16.4. The molecule has 0 atom stereocenters. The zero-order chi connectivity index (χ0) is 19.3. The van der Waals surface area contributed by atoms with Crippen LogP contribution in [-0.4, -0.2) is 30.7 Å². The molecule has 0 saturated carbocycles. The van der Waals surface area contributed by atoms with Gasteiger partial charge in [-0.25, -0.2) is 4.98 Å². The maximum Gasteiger partial charge on any atom is 0.235 e. The number of amides is 1. The van der Waals surface area contributed by atoms with Crippen molar-refractivity contribution in [3.63, 3.8) is 0 Å². The minimum atomic E-state index is -0.574. The van der Waals surface area contributed by atoms with Crippen LogP contribution in [-0.2, 0) is 14.9 Å². The van der Waals surface area contributed by atoms with Crippen LogP contribution in [0.4, 0.5) is 5.69 Å². The monoisotopic (exact) mass is 368 g/mol. The first-order valence-corrected chi connectivity index (χ1v) is 9.61. The summed E-state index contributed by atoms with van der Waals surface area (Å²) in [5, 5.41) is 3.08. The molecule has 0 spiro atoms. The number of anilines is 1. The van der Waals surface area contributed by atoms with Crippen LogP contribution in [0, 0.1) is 13.8 Å². The lowest BCUT2D eigenvalue weighted by Gasteiger charge is -2.36. The minimum Gasteiger partial charge on any atom is -0.477 e. The van der Waals surface area contributed by atoms with Crippen molar-refractivity contribution in [2.75, 3.05) is 25.1 Å². The second-order valence-electron chi connectivity index (χ2n) is 7.21. The lowest BCUT2D eigenvalue weighted by molar-refractivity contribution is -0.125. The molecule has 0 aliphatic carbocycles. The average Bonchev–Trinajstić information content (AvgIpc) is 2.68. The van der Waals surface area contributed by atoms with Gasteiger partial charge in [-0.3, -0.25) is 4.79 Å². The van der Waals surface area contributed by atoms with Gasteiger partial charge in [-0.1, -0.05) is 36.8 Å². The molecule has 1 fully saturated rings. The Morgan fingerprint density at radius 1 is 1.26 bits per heavy atom. The van der Waals surface area contributed by atoms with Crippen molar-refractivity contribution in [2.45, 2.75) is 45.4 Å². The highest BCUT2D eigenvalue weighted by molar-refractivity contribution is 5.99.